The molecule has 6 rings (SSSR count). The molecule has 1 saturated heterocycles. The zero-order chi connectivity index (χ0) is 27.1. The van der Waals surface area contributed by atoms with Crippen LogP contribution in [0.2, 0.25) is 0 Å². The van der Waals surface area contributed by atoms with E-state index in [1.165, 1.54) is 0 Å². The highest BCUT2D eigenvalue weighted by molar-refractivity contribution is 7.22. The van der Waals surface area contributed by atoms with Crippen molar-refractivity contribution in [3.05, 3.63) is 65.9 Å². The lowest BCUT2D eigenvalue weighted by Crippen LogP contribution is -2.49. The third-order valence-corrected chi connectivity index (χ3v) is 8.43. The van der Waals surface area contributed by atoms with Crippen molar-refractivity contribution in [3.8, 4) is 16.3 Å². The second-order valence-electron chi connectivity index (χ2n) is 10.2. The number of carbonyl (C=O) groups is 1. The minimum absolute atomic E-state index is 0.190. The Kier molecular flexibility index (Phi) is 6.69. The highest BCUT2D eigenvalue weighted by Crippen LogP contribution is 2.35. The van der Waals surface area contributed by atoms with Crippen LogP contribution in [-0.4, -0.2) is 68.8 Å². The number of aliphatic hydroxyl groups is 2. The number of fused-ring (bicyclic) bond motifs is 2. The lowest BCUT2D eigenvalue weighted by atomic mass is 10.0. The Bertz CT molecular complexity index is 1540. The lowest BCUT2D eigenvalue weighted by molar-refractivity contribution is -0.0191. The van der Waals surface area contributed by atoms with Crippen LogP contribution in [0, 0.1) is 0 Å². The van der Waals surface area contributed by atoms with Gasteiger partial charge in [-0.2, -0.15) is 0 Å². The number of benzene rings is 2. The summed E-state index contributed by atoms with van der Waals surface area (Å²) < 4.78 is 6.77. The summed E-state index contributed by atoms with van der Waals surface area (Å²) in [6.07, 6.45) is 0.795. The highest BCUT2D eigenvalue weighted by Gasteiger charge is 2.45. The van der Waals surface area contributed by atoms with Crippen molar-refractivity contribution in [2.75, 3.05) is 30.3 Å². The smallest absolute Gasteiger partial charge is 0.259 e. The first kappa shape index (κ1) is 25.7. The fraction of sp³-hybridized carbons (Fsp3) is 0.321. The van der Waals surface area contributed by atoms with E-state index in [0.29, 0.717) is 42.6 Å². The molecule has 2 aromatic heterocycles. The molecular weight excluding hydrogens is 516 g/mol. The molecular formula is C28H30N6O4S. The Balaban J connectivity index is 1.14. The number of para-hydroxylation sites is 1. The standard InChI is InChI=1S/C28H30N6O4S/c1-28(2)25(36)33-27(37)34(28)12-11-30-26-29-10-8-20(32-26)22-15-17-14-18(6-7-21(17)39-22)31-24(35)19-5-3-4-16-9-13-38-23(16)19/h3-8,10,14-15,25,27,33,36-37H,9,11-13H2,1-2H3,(H,31,35)(H,29,30,32). The number of nitrogens with zero attached hydrogens (tertiary/aromatic N) is 3. The number of carbonyl (C=O) groups excluding carboxylic acids is 1. The molecule has 0 spiro atoms. The van der Waals surface area contributed by atoms with Gasteiger partial charge in [-0.15, -0.1) is 11.3 Å². The van der Waals surface area contributed by atoms with E-state index in [1.54, 1.807) is 28.5 Å². The van der Waals surface area contributed by atoms with Crippen LogP contribution < -0.4 is 20.7 Å². The molecule has 2 unspecified atom stereocenters. The number of thiophene rings is 1. The zero-order valence-corrected chi connectivity index (χ0v) is 22.5. The Morgan fingerprint density at radius 2 is 2.10 bits per heavy atom. The van der Waals surface area contributed by atoms with Crippen molar-refractivity contribution in [1.82, 2.24) is 20.2 Å². The van der Waals surface area contributed by atoms with Gasteiger partial charge in [0, 0.05) is 36.1 Å². The molecule has 5 N–H and O–H groups in total. The maximum Gasteiger partial charge on any atom is 0.259 e. The molecule has 1 fully saturated rings. The largest absolute Gasteiger partial charge is 0.492 e. The maximum absolute atomic E-state index is 13.0. The molecule has 39 heavy (non-hydrogen) atoms. The van der Waals surface area contributed by atoms with Crippen LogP contribution in [0.5, 0.6) is 5.75 Å². The topological polar surface area (TPSA) is 132 Å². The number of rotatable bonds is 7. The van der Waals surface area contributed by atoms with Crippen molar-refractivity contribution in [1.29, 1.82) is 0 Å². The molecule has 2 aromatic carbocycles. The highest BCUT2D eigenvalue weighted by atomic mass is 32.1. The van der Waals surface area contributed by atoms with Crippen LogP contribution in [0.1, 0.15) is 29.8 Å². The van der Waals surface area contributed by atoms with Gasteiger partial charge in [-0.25, -0.2) is 9.97 Å². The lowest BCUT2D eigenvalue weighted by Gasteiger charge is -2.33. The van der Waals surface area contributed by atoms with Crippen LogP contribution in [-0.2, 0) is 6.42 Å². The molecule has 0 aliphatic carbocycles. The second-order valence-corrected chi connectivity index (χ2v) is 11.3. The second kappa shape index (κ2) is 10.2. The van der Waals surface area contributed by atoms with E-state index in [-0.39, 0.29) is 5.91 Å². The quantitative estimate of drug-likeness (QED) is 0.237. The minimum atomic E-state index is -0.917. The number of hydrogen-bond acceptors (Lipinski definition) is 10. The van der Waals surface area contributed by atoms with Gasteiger partial charge in [0.05, 0.1) is 28.3 Å². The fourth-order valence-corrected chi connectivity index (χ4v) is 6.04. The molecule has 0 saturated carbocycles. The van der Waals surface area contributed by atoms with Crippen LogP contribution >= 0.6 is 11.3 Å². The van der Waals surface area contributed by atoms with Crippen molar-refractivity contribution >= 4 is 39.0 Å². The average Bonchev–Trinajstić information content (AvgIpc) is 3.61. The summed E-state index contributed by atoms with van der Waals surface area (Å²) in [4.78, 5) is 24.7. The third-order valence-electron chi connectivity index (χ3n) is 7.29. The summed E-state index contributed by atoms with van der Waals surface area (Å²) in [6.45, 7) is 5.33. The molecule has 4 heterocycles. The monoisotopic (exact) mass is 546 g/mol. The van der Waals surface area contributed by atoms with Gasteiger partial charge in [0.25, 0.3) is 5.91 Å². The fourth-order valence-electron chi connectivity index (χ4n) is 5.03. The van der Waals surface area contributed by atoms with Gasteiger partial charge < -0.3 is 25.6 Å². The SMILES string of the molecule is CC1(C)C(O)NC(O)N1CCNc1nccc(-c2cc3cc(NC(=O)c4cccc5c4OCC5)ccc3s2)n1. The molecule has 2 aliphatic rings. The zero-order valence-electron chi connectivity index (χ0n) is 21.6. The molecule has 0 bridgehead atoms. The molecule has 10 nitrogen and oxygen atoms in total. The summed E-state index contributed by atoms with van der Waals surface area (Å²) in [7, 11) is 0. The van der Waals surface area contributed by atoms with Crippen molar-refractivity contribution in [3.63, 3.8) is 0 Å². The first-order chi connectivity index (χ1) is 18.8. The Morgan fingerprint density at radius 3 is 2.92 bits per heavy atom. The van der Waals surface area contributed by atoms with E-state index in [9.17, 15) is 15.0 Å². The number of hydrogen-bond donors (Lipinski definition) is 5. The number of aromatic nitrogens is 2. The van der Waals surface area contributed by atoms with Gasteiger partial charge in [0.15, 0.2) is 6.35 Å². The summed E-state index contributed by atoms with van der Waals surface area (Å²) >= 11 is 1.62. The van der Waals surface area contributed by atoms with Gasteiger partial charge in [-0.05, 0) is 61.2 Å². The average molecular weight is 547 g/mol. The van der Waals surface area contributed by atoms with E-state index in [4.69, 9.17) is 4.74 Å². The predicted molar refractivity (Wildman–Crippen MR) is 151 cm³/mol. The molecule has 1 amide bonds. The van der Waals surface area contributed by atoms with Crippen molar-refractivity contribution in [2.45, 2.75) is 38.4 Å². The number of aliphatic hydroxyl groups excluding tert-OH is 2. The van der Waals surface area contributed by atoms with Crippen LogP contribution in [0.15, 0.2) is 54.7 Å². The molecule has 0 radical (unpaired) electrons. The Morgan fingerprint density at radius 1 is 1.23 bits per heavy atom. The normalized spacial score (nSPS) is 20.1. The number of anilines is 2. The summed E-state index contributed by atoms with van der Waals surface area (Å²) in [5, 5.41) is 30.2. The first-order valence-corrected chi connectivity index (χ1v) is 13.7. The molecule has 202 valence electrons. The van der Waals surface area contributed by atoms with E-state index in [0.717, 1.165) is 32.6 Å². The molecule has 11 heteroatoms. The molecule has 4 aromatic rings. The summed E-state index contributed by atoms with van der Waals surface area (Å²) in [5.41, 5.74) is 2.51. The van der Waals surface area contributed by atoms with E-state index in [1.807, 2.05) is 50.2 Å². The molecule has 2 atom stereocenters. The van der Waals surface area contributed by atoms with Gasteiger partial charge in [-0.1, -0.05) is 12.1 Å². The Hall–Kier alpha value is -3.61. The van der Waals surface area contributed by atoms with Crippen LogP contribution in [0.3, 0.4) is 0 Å². The van der Waals surface area contributed by atoms with Gasteiger partial charge >= 0.3 is 0 Å². The first-order valence-electron chi connectivity index (χ1n) is 12.9. The summed E-state index contributed by atoms with van der Waals surface area (Å²) in [6, 6.07) is 15.4. The minimum Gasteiger partial charge on any atom is -0.492 e. The summed E-state index contributed by atoms with van der Waals surface area (Å²) in [5.74, 6) is 0.970. The van der Waals surface area contributed by atoms with Crippen molar-refractivity contribution < 1.29 is 19.7 Å². The van der Waals surface area contributed by atoms with E-state index >= 15 is 0 Å². The van der Waals surface area contributed by atoms with Crippen LogP contribution in [0.25, 0.3) is 20.7 Å². The third kappa shape index (κ3) is 4.95. The number of ether oxygens (including phenoxy) is 1. The van der Waals surface area contributed by atoms with Gasteiger partial charge in [-0.3, -0.25) is 15.0 Å². The predicted octanol–water partition coefficient (Wildman–Crippen LogP) is 3.24. The maximum atomic E-state index is 13.0. The van der Waals surface area contributed by atoms with E-state index in [2.05, 4.69) is 32.0 Å². The molecule has 2 aliphatic heterocycles. The number of nitrogens with one attached hydrogen (secondary N) is 3. The van der Waals surface area contributed by atoms with Gasteiger partial charge in [0.1, 0.15) is 12.0 Å². The number of amides is 1. The van der Waals surface area contributed by atoms with Crippen LogP contribution in [0.4, 0.5) is 11.6 Å². The van der Waals surface area contributed by atoms with E-state index < -0.39 is 18.1 Å². The van der Waals surface area contributed by atoms with Gasteiger partial charge in [0.2, 0.25) is 5.95 Å². The van der Waals surface area contributed by atoms with Crippen molar-refractivity contribution in [2.24, 2.45) is 0 Å². The Labute approximate surface area is 229 Å².